The predicted octanol–water partition coefficient (Wildman–Crippen LogP) is 7.59. The van der Waals surface area contributed by atoms with Crippen LogP contribution in [0, 0.1) is 29.1 Å². The first kappa shape index (κ1) is 36.7. The van der Waals surface area contributed by atoms with E-state index in [0.717, 1.165) is 37.7 Å². The van der Waals surface area contributed by atoms with Crippen molar-refractivity contribution in [3.05, 3.63) is 65.8 Å². The van der Waals surface area contributed by atoms with Gasteiger partial charge in [0.15, 0.2) is 9.84 Å². The fourth-order valence-electron chi connectivity index (χ4n) is 8.58. The van der Waals surface area contributed by atoms with Crippen LogP contribution in [0.3, 0.4) is 0 Å². The molecule has 47 heavy (non-hydrogen) atoms. The van der Waals surface area contributed by atoms with E-state index in [1.54, 1.807) is 30.3 Å². The van der Waals surface area contributed by atoms with Crippen LogP contribution >= 0.6 is 0 Å². The number of ether oxygens (including phenoxy) is 4. The summed E-state index contributed by atoms with van der Waals surface area (Å²) in [5.41, 5.74) is 2.59. The predicted molar refractivity (Wildman–Crippen MR) is 179 cm³/mol. The molecule has 4 rings (SSSR count). The molecular formula is C37H52O9S. The number of aliphatic hydroxyl groups excluding tert-OH is 1. The molecule has 0 aliphatic heterocycles. The molecule has 0 spiro atoms. The van der Waals surface area contributed by atoms with E-state index in [2.05, 4.69) is 19.6 Å². The second-order valence-corrected chi connectivity index (χ2v) is 16.2. The molecule has 260 valence electrons. The molecule has 9 nitrogen and oxygen atoms in total. The van der Waals surface area contributed by atoms with Gasteiger partial charge in [-0.2, -0.15) is 0 Å². The molecule has 0 amide bonds. The van der Waals surface area contributed by atoms with Gasteiger partial charge in [0.1, 0.15) is 12.2 Å². The van der Waals surface area contributed by atoms with Crippen LogP contribution in [0.25, 0.3) is 0 Å². The Hall–Kier alpha value is -3.11. The third-order valence-corrected chi connectivity index (χ3v) is 13.2. The third-order valence-electron chi connectivity index (χ3n) is 10.8. The summed E-state index contributed by atoms with van der Waals surface area (Å²) in [6.07, 6.45) is 5.96. The van der Waals surface area contributed by atoms with E-state index < -0.39 is 45.7 Å². The van der Waals surface area contributed by atoms with Crippen molar-refractivity contribution in [2.45, 2.75) is 108 Å². The fourth-order valence-corrected chi connectivity index (χ4v) is 10.7. The molecule has 1 aromatic rings. The lowest BCUT2D eigenvalue weighted by Gasteiger charge is -2.46. The van der Waals surface area contributed by atoms with Crippen LogP contribution < -0.4 is 0 Å². The van der Waals surface area contributed by atoms with Crippen LogP contribution in [-0.2, 0) is 28.8 Å². The molecule has 3 saturated carbocycles. The van der Waals surface area contributed by atoms with Crippen molar-refractivity contribution in [3.8, 4) is 0 Å². The molecule has 0 aromatic heterocycles. The standard InChI is InChI=1S/C37H52O9S/c1-23(2)20-32(38)34(47(41,42)29-13-9-8-10-14-29)25(4)30-17-18-31-26(12-11-19-37(30,31)5)15-16-27-21-28(45-35(39)43-6)22-33(24(27)3)46-36(40)44-7/h8-10,13-16,23,25,28,30-34,38H,3,11-12,17-22H2,1-2,4-7H3/t25-,28+,30+,31-,32?,33-,34?,37+/m0/s1. The zero-order valence-corrected chi connectivity index (χ0v) is 29.5. The highest BCUT2D eigenvalue weighted by molar-refractivity contribution is 7.92. The Morgan fingerprint density at radius 2 is 1.70 bits per heavy atom. The van der Waals surface area contributed by atoms with Crippen molar-refractivity contribution in [1.82, 2.24) is 0 Å². The number of hydrogen-bond acceptors (Lipinski definition) is 9. The van der Waals surface area contributed by atoms with Gasteiger partial charge in [-0.1, -0.05) is 70.2 Å². The van der Waals surface area contributed by atoms with Gasteiger partial charge in [0.05, 0.1) is 30.5 Å². The second kappa shape index (κ2) is 15.4. The molecule has 8 atom stereocenters. The average Bonchev–Trinajstić information content (AvgIpc) is 3.39. The first-order valence-electron chi connectivity index (χ1n) is 16.8. The van der Waals surface area contributed by atoms with E-state index in [1.807, 2.05) is 26.8 Å². The molecule has 0 heterocycles. The van der Waals surface area contributed by atoms with Crippen molar-refractivity contribution in [2.24, 2.45) is 29.1 Å². The number of aliphatic hydroxyl groups is 1. The Bertz CT molecular complexity index is 1450. The zero-order chi connectivity index (χ0) is 34.5. The molecule has 3 aliphatic carbocycles. The van der Waals surface area contributed by atoms with Gasteiger partial charge in [-0.3, -0.25) is 0 Å². The highest BCUT2D eigenvalue weighted by atomic mass is 32.2. The van der Waals surface area contributed by atoms with Crippen molar-refractivity contribution in [2.75, 3.05) is 14.2 Å². The Kier molecular flexibility index (Phi) is 12.0. The Labute approximate surface area is 280 Å². The van der Waals surface area contributed by atoms with Crippen LogP contribution in [-0.4, -0.2) is 63.6 Å². The maximum atomic E-state index is 14.2. The van der Waals surface area contributed by atoms with Crippen LogP contribution in [0.15, 0.2) is 70.7 Å². The molecule has 3 fully saturated rings. The van der Waals surface area contributed by atoms with E-state index in [9.17, 15) is 23.1 Å². The monoisotopic (exact) mass is 672 g/mol. The van der Waals surface area contributed by atoms with Crippen molar-refractivity contribution >= 4 is 22.1 Å². The topological polar surface area (TPSA) is 125 Å². The minimum absolute atomic E-state index is 0.106. The van der Waals surface area contributed by atoms with Crippen molar-refractivity contribution < 1.29 is 42.1 Å². The normalized spacial score (nSPS) is 30.0. The van der Waals surface area contributed by atoms with Crippen LogP contribution in [0.2, 0.25) is 0 Å². The van der Waals surface area contributed by atoms with Gasteiger partial charge in [-0.05, 0) is 90.9 Å². The summed E-state index contributed by atoms with van der Waals surface area (Å²) in [7, 11) is -1.32. The number of benzene rings is 1. The van der Waals surface area contributed by atoms with E-state index >= 15 is 0 Å². The highest BCUT2D eigenvalue weighted by Crippen LogP contribution is 2.60. The van der Waals surface area contributed by atoms with Crippen LogP contribution in [0.5, 0.6) is 0 Å². The second-order valence-electron chi connectivity index (χ2n) is 14.1. The number of hydrogen-bond donors (Lipinski definition) is 1. The van der Waals surface area contributed by atoms with E-state index in [4.69, 9.17) is 18.9 Å². The van der Waals surface area contributed by atoms with Gasteiger partial charge in [0.25, 0.3) is 0 Å². The first-order chi connectivity index (χ1) is 22.2. The largest absolute Gasteiger partial charge is 0.508 e. The van der Waals surface area contributed by atoms with Crippen LogP contribution in [0.4, 0.5) is 9.59 Å². The van der Waals surface area contributed by atoms with Gasteiger partial charge in [-0.15, -0.1) is 0 Å². The molecule has 0 saturated heterocycles. The number of carbonyl (C=O) groups excluding carboxylic acids is 2. The lowest BCUT2D eigenvalue weighted by atomic mass is 9.60. The maximum Gasteiger partial charge on any atom is 0.508 e. The number of sulfone groups is 1. The van der Waals surface area contributed by atoms with Crippen molar-refractivity contribution in [3.63, 3.8) is 0 Å². The summed E-state index contributed by atoms with van der Waals surface area (Å²) in [6, 6.07) is 8.53. The average molecular weight is 673 g/mol. The minimum Gasteiger partial charge on any atom is -0.438 e. The molecular weight excluding hydrogens is 620 g/mol. The molecule has 1 aromatic carbocycles. The number of allylic oxidation sites excluding steroid dienone is 3. The summed E-state index contributed by atoms with van der Waals surface area (Å²) in [6.45, 7) is 12.5. The Balaban J connectivity index is 1.63. The first-order valence-corrected chi connectivity index (χ1v) is 18.3. The molecule has 2 unspecified atom stereocenters. The number of carbonyl (C=O) groups is 2. The summed E-state index contributed by atoms with van der Waals surface area (Å²) < 4.78 is 48.6. The van der Waals surface area contributed by atoms with E-state index in [-0.39, 0.29) is 40.4 Å². The van der Waals surface area contributed by atoms with Crippen molar-refractivity contribution in [1.29, 1.82) is 0 Å². The molecule has 10 heteroatoms. The quantitative estimate of drug-likeness (QED) is 0.250. The lowest BCUT2D eigenvalue weighted by molar-refractivity contribution is -0.00303. The molecule has 1 N–H and O–H groups in total. The summed E-state index contributed by atoms with van der Waals surface area (Å²) in [5.74, 6) is 0.255. The van der Waals surface area contributed by atoms with Gasteiger partial charge >= 0.3 is 12.3 Å². The maximum absolute atomic E-state index is 14.2. The number of fused-ring (bicyclic) bond motifs is 1. The third kappa shape index (κ3) is 8.13. The Morgan fingerprint density at radius 1 is 1.04 bits per heavy atom. The van der Waals surface area contributed by atoms with E-state index in [1.165, 1.54) is 19.8 Å². The van der Waals surface area contributed by atoms with Gasteiger partial charge in [0.2, 0.25) is 0 Å². The Morgan fingerprint density at radius 3 is 2.34 bits per heavy atom. The fraction of sp³-hybridized carbons (Fsp3) is 0.622. The van der Waals surface area contributed by atoms with Crippen LogP contribution in [0.1, 0.15) is 79.1 Å². The van der Waals surface area contributed by atoms with E-state index in [0.29, 0.717) is 18.4 Å². The SMILES string of the molecule is C=C1C(=CC=C2CCC[C@]3(C)[C@@H]([C@H](C)C(C(O)CC(C)C)S(=O)(=O)c4ccccc4)CC[C@@H]23)C[C@@H](OC(=O)OC)C[C@@H]1OC(=O)OC. The molecule has 0 bridgehead atoms. The summed E-state index contributed by atoms with van der Waals surface area (Å²) >= 11 is 0. The highest BCUT2D eigenvalue weighted by Gasteiger charge is 2.54. The molecule has 3 aliphatic rings. The van der Waals surface area contributed by atoms with Gasteiger partial charge < -0.3 is 24.1 Å². The lowest BCUT2D eigenvalue weighted by Crippen LogP contribution is -2.46. The van der Waals surface area contributed by atoms with Gasteiger partial charge in [-0.25, -0.2) is 18.0 Å². The molecule has 0 radical (unpaired) electrons. The summed E-state index contributed by atoms with van der Waals surface area (Å²) in [4.78, 5) is 24.1. The minimum atomic E-state index is -3.80. The number of methoxy groups -OCH3 is 2. The summed E-state index contributed by atoms with van der Waals surface area (Å²) in [5, 5.41) is 10.6. The zero-order valence-electron chi connectivity index (χ0n) is 28.6. The van der Waals surface area contributed by atoms with Gasteiger partial charge in [0, 0.05) is 12.8 Å². The smallest absolute Gasteiger partial charge is 0.438 e. The number of rotatable bonds is 10.